The zero-order valence-corrected chi connectivity index (χ0v) is 17.7. The largest absolute Gasteiger partial charge is 0.459 e. The predicted octanol–water partition coefficient (Wildman–Crippen LogP) is 1.86. The quantitative estimate of drug-likeness (QED) is 0.682. The van der Waals surface area contributed by atoms with Crippen LogP contribution in [0.3, 0.4) is 0 Å². The van der Waals surface area contributed by atoms with Crippen molar-refractivity contribution in [1.29, 1.82) is 0 Å². The average Bonchev–Trinajstić information content (AvgIpc) is 3.23. The van der Waals surface area contributed by atoms with E-state index >= 15 is 0 Å². The number of carbonyl (C=O) groups is 3. The number of rotatable bonds is 6. The van der Waals surface area contributed by atoms with Gasteiger partial charge in [-0.2, -0.15) is 0 Å². The molecule has 3 amide bonds. The molecule has 0 unspecified atom stereocenters. The number of nitrogens with zero attached hydrogens (tertiary/aromatic N) is 2. The first kappa shape index (κ1) is 21.1. The van der Waals surface area contributed by atoms with Crippen LogP contribution in [0.15, 0.2) is 45.5 Å². The predicted molar refractivity (Wildman–Crippen MR) is 112 cm³/mol. The minimum atomic E-state index is -0.280. The molecular weight excluding hydrogens is 440 g/mol. The number of carbonyl (C=O) groups excluding carboxylic acids is 3. The van der Waals surface area contributed by atoms with Gasteiger partial charge in [0.2, 0.25) is 11.8 Å². The van der Waals surface area contributed by atoms with Crippen LogP contribution in [0.5, 0.6) is 0 Å². The van der Waals surface area contributed by atoms with Crippen molar-refractivity contribution in [1.82, 2.24) is 15.1 Å². The number of hydrogen-bond donors (Lipinski definition) is 2. The lowest BCUT2D eigenvalue weighted by molar-refractivity contribution is -0.125. The Bertz CT molecular complexity index is 877. The summed E-state index contributed by atoms with van der Waals surface area (Å²) in [7, 11) is 0. The normalized spacial score (nSPS) is 14.5. The molecule has 3 rings (SSSR count). The first-order valence-electron chi connectivity index (χ1n) is 9.30. The van der Waals surface area contributed by atoms with Crippen molar-refractivity contribution in [2.75, 3.05) is 44.6 Å². The van der Waals surface area contributed by atoms with Crippen molar-refractivity contribution in [2.24, 2.45) is 0 Å². The van der Waals surface area contributed by atoms with Gasteiger partial charge in [0.1, 0.15) is 0 Å². The van der Waals surface area contributed by atoms with Crippen LogP contribution < -0.4 is 10.6 Å². The molecule has 1 aromatic heterocycles. The van der Waals surface area contributed by atoms with E-state index in [2.05, 4.69) is 26.6 Å². The first-order chi connectivity index (χ1) is 13.9. The molecular formula is C20H23BrN4O4. The van der Waals surface area contributed by atoms with E-state index in [1.165, 1.54) is 6.26 Å². The average molecular weight is 463 g/mol. The molecule has 1 fully saturated rings. The van der Waals surface area contributed by atoms with Crippen molar-refractivity contribution < 1.29 is 18.8 Å². The van der Waals surface area contributed by atoms with Gasteiger partial charge in [-0.05, 0) is 42.8 Å². The maximum Gasteiger partial charge on any atom is 0.289 e. The second kappa shape index (κ2) is 9.71. The Morgan fingerprint density at radius 3 is 2.52 bits per heavy atom. The molecule has 0 aliphatic carbocycles. The number of furan rings is 1. The van der Waals surface area contributed by atoms with E-state index in [4.69, 9.17) is 4.42 Å². The third-order valence-corrected chi connectivity index (χ3v) is 5.16. The molecule has 2 N–H and O–H groups in total. The summed E-state index contributed by atoms with van der Waals surface area (Å²) in [4.78, 5) is 40.1. The van der Waals surface area contributed by atoms with Gasteiger partial charge in [0.25, 0.3) is 5.91 Å². The summed E-state index contributed by atoms with van der Waals surface area (Å²) < 4.78 is 6.08. The fourth-order valence-electron chi connectivity index (χ4n) is 3.06. The van der Waals surface area contributed by atoms with Crippen LogP contribution in [0.1, 0.15) is 16.1 Å². The van der Waals surface area contributed by atoms with Gasteiger partial charge in [-0.15, -0.1) is 0 Å². The summed E-state index contributed by atoms with van der Waals surface area (Å²) in [6.45, 7) is 4.22. The summed E-state index contributed by atoms with van der Waals surface area (Å²) in [5.74, 6) is -0.321. The topological polar surface area (TPSA) is 94.9 Å². The number of anilines is 1. The van der Waals surface area contributed by atoms with Gasteiger partial charge < -0.3 is 20.0 Å². The van der Waals surface area contributed by atoms with Crippen molar-refractivity contribution in [2.45, 2.75) is 6.92 Å². The van der Waals surface area contributed by atoms with Crippen molar-refractivity contribution in [3.8, 4) is 0 Å². The molecule has 0 radical (unpaired) electrons. The molecule has 0 bridgehead atoms. The number of halogens is 1. The molecule has 0 spiro atoms. The van der Waals surface area contributed by atoms with Crippen molar-refractivity contribution in [3.05, 3.63) is 52.4 Å². The van der Waals surface area contributed by atoms with E-state index < -0.39 is 0 Å². The van der Waals surface area contributed by atoms with E-state index in [0.717, 1.165) is 10.0 Å². The van der Waals surface area contributed by atoms with E-state index in [-0.39, 0.29) is 30.8 Å². The highest BCUT2D eigenvalue weighted by molar-refractivity contribution is 9.10. The standard InChI is InChI=1S/C20H23BrN4O4/c1-14-11-15(21)4-5-16(14)23-18(26)12-22-19(27)13-24-6-8-25(9-7-24)20(28)17-3-2-10-29-17/h2-5,10-11H,6-9,12-13H2,1H3,(H,22,27)(H,23,26). The second-order valence-corrected chi connectivity index (χ2v) is 7.75. The molecule has 2 heterocycles. The molecule has 154 valence electrons. The zero-order valence-electron chi connectivity index (χ0n) is 16.1. The summed E-state index contributed by atoms with van der Waals surface area (Å²) in [5.41, 5.74) is 1.64. The minimum Gasteiger partial charge on any atom is -0.459 e. The van der Waals surface area contributed by atoms with Gasteiger partial charge in [0.05, 0.1) is 19.4 Å². The van der Waals surface area contributed by atoms with Crippen molar-refractivity contribution in [3.63, 3.8) is 0 Å². The fraction of sp³-hybridized carbons (Fsp3) is 0.350. The number of nitrogens with one attached hydrogen (secondary N) is 2. The van der Waals surface area contributed by atoms with Crippen LogP contribution >= 0.6 is 15.9 Å². The maximum atomic E-state index is 12.2. The third kappa shape index (κ3) is 5.91. The van der Waals surface area contributed by atoms with Gasteiger partial charge in [-0.25, -0.2) is 0 Å². The van der Waals surface area contributed by atoms with Crippen LogP contribution in [0, 0.1) is 6.92 Å². The molecule has 9 heteroatoms. The Morgan fingerprint density at radius 1 is 1.10 bits per heavy atom. The highest BCUT2D eigenvalue weighted by atomic mass is 79.9. The van der Waals surface area contributed by atoms with Crippen molar-refractivity contribution >= 4 is 39.3 Å². The molecule has 0 saturated carbocycles. The van der Waals surface area contributed by atoms with E-state index in [1.54, 1.807) is 17.0 Å². The van der Waals surface area contributed by atoms with Crippen LogP contribution in [-0.2, 0) is 9.59 Å². The van der Waals surface area contributed by atoms with Gasteiger partial charge in [0.15, 0.2) is 5.76 Å². The molecule has 1 saturated heterocycles. The van der Waals surface area contributed by atoms with Crippen LogP contribution in [0.2, 0.25) is 0 Å². The second-order valence-electron chi connectivity index (χ2n) is 6.83. The SMILES string of the molecule is Cc1cc(Br)ccc1NC(=O)CNC(=O)CN1CCN(C(=O)c2ccco2)CC1. The number of amides is 3. The zero-order chi connectivity index (χ0) is 20.8. The van der Waals surface area contributed by atoms with Crippen LogP contribution in [0.25, 0.3) is 0 Å². The fourth-order valence-corrected chi connectivity index (χ4v) is 3.54. The number of benzene rings is 1. The monoisotopic (exact) mass is 462 g/mol. The lowest BCUT2D eigenvalue weighted by atomic mass is 10.2. The summed E-state index contributed by atoms with van der Waals surface area (Å²) in [6.07, 6.45) is 1.47. The summed E-state index contributed by atoms with van der Waals surface area (Å²) in [6, 6.07) is 8.88. The lowest BCUT2D eigenvalue weighted by Gasteiger charge is -2.33. The Labute approximate surface area is 177 Å². The third-order valence-electron chi connectivity index (χ3n) is 4.67. The molecule has 1 aromatic carbocycles. The number of hydrogen-bond acceptors (Lipinski definition) is 5. The molecule has 1 aliphatic heterocycles. The maximum absolute atomic E-state index is 12.2. The molecule has 29 heavy (non-hydrogen) atoms. The number of aryl methyl sites for hydroxylation is 1. The molecule has 8 nitrogen and oxygen atoms in total. The molecule has 1 aliphatic rings. The van der Waals surface area contributed by atoms with Gasteiger partial charge in [-0.1, -0.05) is 15.9 Å². The molecule has 2 aromatic rings. The smallest absolute Gasteiger partial charge is 0.289 e. The van der Waals surface area contributed by atoms with E-state index in [9.17, 15) is 14.4 Å². The summed E-state index contributed by atoms with van der Waals surface area (Å²) in [5, 5.41) is 5.43. The number of piperazine rings is 1. The highest BCUT2D eigenvalue weighted by Crippen LogP contribution is 2.19. The summed E-state index contributed by atoms with van der Waals surface area (Å²) >= 11 is 3.38. The van der Waals surface area contributed by atoms with Gasteiger partial charge in [-0.3, -0.25) is 19.3 Å². The van der Waals surface area contributed by atoms with Crippen LogP contribution in [0.4, 0.5) is 5.69 Å². The lowest BCUT2D eigenvalue weighted by Crippen LogP contribution is -2.51. The first-order valence-corrected chi connectivity index (χ1v) is 10.1. The molecule has 0 atom stereocenters. The Kier molecular flexibility index (Phi) is 7.05. The highest BCUT2D eigenvalue weighted by Gasteiger charge is 2.24. The van der Waals surface area contributed by atoms with Crippen LogP contribution in [-0.4, -0.2) is 66.8 Å². The van der Waals surface area contributed by atoms with Gasteiger partial charge in [0, 0.05) is 36.3 Å². The van der Waals surface area contributed by atoms with E-state index in [1.807, 2.05) is 30.0 Å². The Morgan fingerprint density at radius 2 is 1.86 bits per heavy atom. The minimum absolute atomic E-state index is 0.0920. The Balaban J connectivity index is 1.38. The van der Waals surface area contributed by atoms with Gasteiger partial charge >= 0.3 is 0 Å². The van der Waals surface area contributed by atoms with E-state index in [0.29, 0.717) is 37.6 Å². The Hall–Kier alpha value is -2.65.